The molecule has 0 amide bonds. The second kappa shape index (κ2) is 5.64. The molecule has 0 atom stereocenters. The Hall–Kier alpha value is -1.04. The topological polar surface area (TPSA) is 0 Å². The van der Waals surface area contributed by atoms with Crippen LogP contribution in [-0.4, -0.2) is 0 Å². The third kappa shape index (κ3) is 3.02. The number of hydrogen-bond donors (Lipinski definition) is 0. The van der Waals surface area contributed by atoms with Crippen molar-refractivity contribution in [1.29, 1.82) is 0 Å². The molecule has 0 bridgehead atoms. The van der Waals surface area contributed by atoms with Gasteiger partial charge in [-0.1, -0.05) is 24.3 Å². The standard InChI is InChI=1S/C14H22/c1-8-11(5)14(9-2)13(7)12(6)10(3)4/h8-9H,2H2,1,3-7H3/b11-8+,14-13+. The quantitative estimate of drug-likeness (QED) is 0.560. The molecule has 0 heteroatoms. The lowest BCUT2D eigenvalue weighted by Gasteiger charge is -2.11. The van der Waals surface area contributed by atoms with Crippen molar-refractivity contribution in [2.75, 3.05) is 0 Å². The first-order valence-corrected chi connectivity index (χ1v) is 5.06. The van der Waals surface area contributed by atoms with Crippen molar-refractivity contribution in [3.63, 3.8) is 0 Å². The summed E-state index contributed by atoms with van der Waals surface area (Å²) in [4.78, 5) is 0. The minimum atomic E-state index is 1.26. The molecule has 0 aromatic heterocycles. The summed E-state index contributed by atoms with van der Waals surface area (Å²) in [5.74, 6) is 0. The first-order valence-electron chi connectivity index (χ1n) is 5.06. The molecule has 0 heterocycles. The third-order valence-corrected chi connectivity index (χ3v) is 2.78. The third-order valence-electron chi connectivity index (χ3n) is 2.78. The highest BCUT2D eigenvalue weighted by Gasteiger charge is 2.03. The van der Waals surface area contributed by atoms with Crippen molar-refractivity contribution in [2.24, 2.45) is 0 Å². The number of rotatable bonds is 3. The molecule has 0 N–H and O–H groups in total. The lowest BCUT2D eigenvalue weighted by molar-refractivity contribution is 1.19. The van der Waals surface area contributed by atoms with E-state index in [1.165, 1.54) is 27.9 Å². The smallest absolute Gasteiger partial charge is 0.0205 e. The van der Waals surface area contributed by atoms with Gasteiger partial charge in [0.1, 0.15) is 0 Å². The van der Waals surface area contributed by atoms with E-state index in [2.05, 4.69) is 54.2 Å². The summed E-state index contributed by atoms with van der Waals surface area (Å²) in [6.07, 6.45) is 4.07. The number of hydrogen-bond acceptors (Lipinski definition) is 0. The van der Waals surface area contributed by atoms with Crippen LogP contribution in [0.1, 0.15) is 41.5 Å². The number of allylic oxidation sites excluding steroid dienone is 7. The molecular formula is C14H22. The highest BCUT2D eigenvalue weighted by Crippen LogP contribution is 2.23. The average Bonchev–Trinajstić information content (AvgIpc) is 2.16. The zero-order valence-electron chi connectivity index (χ0n) is 10.4. The molecule has 0 rings (SSSR count). The first kappa shape index (κ1) is 13.0. The van der Waals surface area contributed by atoms with Crippen molar-refractivity contribution in [2.45, 2.75) is 41.5 Å². The SMILES string of the molecule is C=CC(/C(C)=C/C)=C(/C)C(C)=C(C)C. The predicted molar refractivity (Wildman–Crippen MR) is 66.4 cm³/mol. The van der Waals surface area contributed by atoms with Gasteiger partial charge in [-0.25, -0.2) is 0 Å². The van der Waals surface area contributed by atoms with Crippen LogP contribution in [0.2, 0.25) is 0 Å². The van der Waals surface area contributed by atoms with E-state index >= 15 is 0 Å². The van der Waals surface area contributed by atoms with E-state index < -0.39 is 0 Å². The molecule has 0 aromatic rings. The van der Waals surface area contributed by atoms with E-state index in [1.807, 2.05) is 6.08 Å². The maximum absolute atomic E-state index is 3.87. The first-order chi connectivity index (χ1) is 6.45. The summed E-state index contributed by atoms with van der Waals surface area (Å²) < 4.78 is 0. The van der Waals surface area contributed by atoms with Gasteiger partial charge in [-0.2, -0.15) is 0 Å². The Labute approximate surface area is 88.7 Å². The summed E-state index contributed by atoms with van der Waals surface area (Å²) in [5, 5.41) is 0. The van der Waals surface area contributed by atoms with Crippen molar-refractivity contribution >= 4 is 0 Å². The van der Waals surface area contributed by atoms with Crippen molar-refractivity contribution in [3.8, 4) is 0 Å². The van der Waals surface area contributed by atoms with E-state index in [1.54, 1.807) is 0 Å². The molecule has 0 fully saturated rings. The molecule has 0 aliphatic heterocycles. The molecule has 0 spiro atoms. The Balaban J connectivity index is 5.47. The van der Waals surface area contributed by atoms with Gasteiger partial charge in [0.05, 0.1) is 0 Å². The van der Waals surface area contributed by atoms with Crippen LogP contribution >= 0.6 is 0 Å². The van der Waals surface area contributed by atoms with Gasteiger partial charge >= 0.3 is 0 Å². The second-order valence-corrected chi connectivity index (χ2v) is 3.84. The van der Waals surface area contributed by atoms with Gasteiger partial charge in [-0.3, -0.25) is 0 Å². The molecule has 0 saturated heterocycles. The monoisotopic (exact) mass is 190 g/mol. The van der Waals surface area contributed by atoms with Gasteiger partial charge in [0, 0.05) is 0 Å². The fraction of sp³-hybridized carbons (Fsp3) is 0.429. The van der Waals surface area contributed by atoms with Gasteiger partial charge < -0.3 is 0 Å². The van der Waals surface area contributed by atoms with Crippen molar-refractivity contribution in [3.05, 3.63) is 46.6 Å². The minimum absolute atomic E-state index is 1.26. The van der Waals surface area contributed by atoms with Crippen molar-refractivity contribution < 1.29 is 0 Å². The maximum atomic E-state index is 3.87. The second-order valence-electron chi connectivity index (χ2n) is 3.84. The van der Waals surface area contributed by atoms with E-state index in [0.29, 0.717) is 0 Å². The molecule has 0 aliphatic carbocycles. The van der Waals surface area contributed by atoms with Gasteiger partial charge in [0.2, 0.25) is 0 Å². The fourth-order valence-corrected chi connectivity index (χ4v) is 1.34. The zero-order chi connectivity index (χ0) is 11.3. The summed E-state index contributed by atoms with van der Waals surface area (Å²) in [6, 6.07) is 0. The van der Waals surface area contributed by atoms with E-state index in [9.17, 15) is 0 Å². The Kier molecular flexibility index (Phi) is 5.22. The molecule has 0 unspecified atom stereocenters. The maximum Gasteiger partial charge on any atom is -0.0205 e. The van der Waals surface area contributed by atoms with Crippen molar-refractivity contribution in [1.82, 2.24) is 0 Å². The predicted octanol–water partition coefficient (Wildman–Crippen LogP) is 4.81. The van der Waals surface area contributed by atoms with Crippen LogP contribution in [0.25, 0.3) is 0 Å². The van der Waals surface area contributed by atoms with Crippen LogP contribution in [-0.2, 0) is 0 Å². The van der Waals surface area contributed by atoms with Gasteiger partial charge in [0.25, 0.3) is 0 Å². The zero-order valence-corrected chi connectivity index (χ0v) is 10.4. The summed E-state index contributed by atoms with van der Waals surface area (Å²) in [6.45, 7) is 16.7. The van der Waals surface area contributed by atoms with Crippen LogP contribution in [0.15, 0.2) is 46.6 Å². The summed E-state index contributed by atoms with van der Waals surface area (Å²) >= 11 is 0. The molecule has 0 radical (unpaired) electrons. The van der Waals surface area contributed by atoms with Crippen LogP contribution in [0.5, 0.6) is 0 Å². The minimum Gasteiger partial charge on any atom is -0.0985 e. The van der Waals surface area contributed by atoms with Crippen LogP contribution in [0.3, 0.4) is 0 Å². The van der Waals surface area contributed by atoms with Crippen LogP contribution < -0.4 is 0 Å². The molecular weight excluding hydrogens is 168 g/mol. The normalized spacial score (nSPS) is 13.4. The largest absolute Gasteiger partial charge is 0.0985 e. The molecule has 0 aliphatic rings. The van der Waals surface area contributed by atoms with E-state index in [4.69, 9.17) is 0 Å². The Bertz CT molecular complexity index is 305. The summed E-state index contributed by atoms with van der Waals surface area (Å²) in [7, 11) is 0. The molecule has 14 heavy (non-hydrogen) atoms. The van der Waals surface area contributed by atoms with E-state index in [0.717, 1.165) is 0 Å². The molecule has 78 valence electrons. The van der Waals surface area contributed by atoms with Crippen LogP contribution in [0.4, 0.5) is 0 Å². The van der Waals surface area contributed by atoms with Gasteiger partial charge in [-0.05, 0) is 63.8 Å². The Morgan fingerprint density at radius 1 is 0.929 bits per heavy atom. The highest BCUT2D eigenvalue weighted by atomic mass is 14.1. The Morgan fingerprint density at radius 2 is 1.43 bits per heavy atom. The lowest BCUT2D eigenvalue weighted by atomic mass is 9.95. The van der Waals surface area contributed by atoms with Gasteiger partial charge in [-0.15, -0.1) is 0 Å². The van der Waals surface area contributed by atoms with E-state index in [-0.39, 0.29) is 0 Å². The summed E-state index contributed by atoms with van der Waals surface area (Å²) in [5.41, 5.74) is 6.60. The highest BCUT2D eigenvalue weighted by molar-refractivity contribution is 5.48. The molecule has 0 saturated carbocycles. The lowest BCUT2D eigenvalue weighted by Crippen LogP contribution is -1.91. The van der Waals surface area contributed by atoms with Crippen LogP contribution in [0, 0.1) is 0 Å². The average molecular weight is 190 g/mol. The van der Waals surface area contributed by atoms with Gasteiger partial charge in [0.15, 0.2) is 0 Å². The molecule has 0 nitrogen and oxygen atoms in total. The fourth-order valence-electron chi connectivity index (χ4n) is 1.34. The molecule has 0 aromatic carbocycles. The Morgan fingerprint density at radius 3 is 1.71 bits per heavy atom.